The van der Waals surface area contributed by atoms with Crippen molar-refractivity contribution in [2.75, 3.05) is 13.2 Å². The molecular weight excluding hydrogens is 314 g/mol. The third-order valence-corrected chi connectivity index (χ3v) is 3.83. The number of carbonyl (C=O) groups is 1. The third kappa shape index (κ3) is 6.14. The number of amides is 1. The molecule has 0 saturated carbocycles. The maximum atomic E-state index is 12.1. The Morgan fingerprint density at radius 3 is 2.36 bits per heavy atom. The normalized spacial score (nSPS) is 11.9. The van der Waals surface area contributed by atoms with Crippen LogP contribution in [0.4, 0.5) is 0 Å². The predicted molar refractivity (Wildman–Crippen MR) is 100 cm³/mol. The van der Waals surface area contributed by atoms with E-state index in [4.69, 9.17) is 9.47 Å². The summed E-state index contributed by atoms with van der Waals surface area (Å²) in [7, 11) is 0. The minimum Gasteiger partial charge on any atom is -0.491 e. The summed E-state index contributed by atoms with van der Waals surface area (Å²) in [5, 5.41) is 2.89. The van der Waals surface area contributed by atoms with Crippen LogP contribution in [0.15, 0.2) is 48.5 Å². The Morgan fingerprint density at radius 2 is 1.68 bits per heavy atom. The summed E-state index contributed by atoms with van der Waals surface area (Å²) < 4.78 is 11.4. The molecule has 25 heavy (non-hydrogen) atoms. The highest BCUT2D eigenvalue weighted by Crippen LogP contribution is 2.25. The van der Waals surface area contributed by atoms with E-state index in [1.807, 2.05) is 62.4 Å². The van der Waals surface area contributed by atoms with Gasteiger partial charge in [0.2, 0.25) is 0 Å². The molecule has 0 radical (unpaired) electrons. The van der Waals surface area contributed by atoms with Crippen LogP contribution in [0.2, 0.25) is 0 Å². The van der Waals surface area contributed by atoms with Gasteiger partial charge in [-0.1, -0.05) is 49.7 Å². The van der Waals surface area contributed by atoms with E-state index in [0.717, 1.165) is 17.1 Å². The van der Waals surface area contributed by atoms with E-state index in [9.17, 15) is 4.79 Å². The summed E-state index contributed by atoms with van der Waals surface area (Å²) in [5.74, 6) is 1.75. The van der Waals surface area contributed by atoms with Crippen molar-refractivity contribution in [3.05, 3.63) is 59.7 Å². The Labute approximate surface area is 150 Å². The molecular formula is C21H27NO3. The van der Waals surface area contributed by atoms with Crippen LogP contribution < -0.4 is 14.8 Å². The van der Waals surface area contributed by atoms with Crippen molar-refractivity contribution in [1.82, 2.24) is 5.32 Å². The molecule has 0 aliphatic rings. The summed E-state index contributed by atoms with van der Waals surface area (Å²) in [4.78, 5) is 12.1. The summed E-state index contributed by atoms with van der Waals surface area (Å²) in [6, 6.07) is 15.6. The average molecular weight is 341 g/mol. The van der Waals surface area contributed by atoms with Crippen LogP contribution in [-0.4, -0.2) is 25.2 Å². The van der Waals surface area contributed by atoms with Gasteiger partial charge in [-0.05, 0) is 43.5 Å². The second-order valence-electron chi connectivity index (χ2n) is 6.57. The standard InChI is InChI=1S/C21H27NO3/c1-15(2)19-7-5-6-8-20(19)25-14-21(23)22-17(4)13-24-18-11-9-16(3)10-12-18/h5-12,15,17H,13-14H2,1-4H3,(H,22,23)/t17-/m0/s1. The number of benzene rings is 2. The smallest absolute Gasteiger partial charge is 0.258 e. The third-order valence-electron chi connectivity index (χ3n) is 3.83. The lowest BCUT2D eigenvalue weighted by atomic mass is 10.0. The molecule has 0 fully saturated rings. The summed E-state index contributed by atoms with van der Waals surface area (Å²) >= 11 is 0. The monoisotopic (exact) mass is 341 g/mol. The molecule has 4 nitrogen and oxygen atoms in total. The van der Waals surface area contributed by atoms with E-state index < -0.39 is 0 Å². The van der Waals surface area contributed by atoms with Crippen molar-refractivity contribution in [1.29, 1.82) is 0 Å². The molecule has 0 heterocycles. The molecule has 0 aromatic heterocycles. The molecule has 0 aliphatic carbocycles. The summed E-state index contributed by atoms with van der Waals surface area (Å²) in [5.41, 5.74) is 2.29. The van der Waals surface area contributed by atoms with Gasteiger partial charge < -0.3 is 14.8 Å². The zero-order valence-electron chi connectivity index (χ0n) is 15.4. The molecule has 0 saturated heterocycles. The highest BCUT2D eigenvalue weighted by molar-refractivity contribution is 5.77. The Kier molecular flexibility index (Phi) is 6.87. The highest BCUT2D eigenvalue weighted by Gasteiger charge is 2.11. The second-order valence-corrected chi connectivity index (χ2v) is 6.57. The number of hydrogen-bond acceptors (Lipinski definition) is 3. The van der Waals surface area contributed by atoms with Gasteiger partial charge in [0.05, 0.1) is 6.04 Å². The Balaban J connectivity index is 1.77. The van der Waals surface area contributed by atoms with Crippen LogP contribution in [0.5, 0.6) is 11.5 Å². The van der Waals surface area contributed by atoms with Gasteiger partial charge in [-0.25, -0.2) is 0 Å². The molecule has 1 amide bonds. The topological polar surface area (TPSA) is 47.6 Å². The lowest BCUT2D eigenvalue weighted by molar-refractivity contribution is -0.123. The fourth-order valence-corrected chi connectivity index (χ4v) is 2.45. The van der Waals surface area contributed by atoms with E-state index in [0.29, 0.717) is 12.5 Å². The number of ether oxygens (including phenoxy) is 2. The molecule has 2 aromatic carbocycles. The Bertz CT molecular complexity index is 680. The number of aryl methyl sites for hydroxylation is 1. The molecule has 0 spiro atoms. The largest absolute Gasteiger partial charge is 0.491 e. The van der Waals surface area contributed by atoms with Gasteiger partial charge >= 0.3 is 0 Å². The van der Waals surface area contributed by atoms with Gasteiger partial charge in [0.15, 0.2) is 6.61 Å². The van der Waals surface area contributed by atoms with E-state index in [1.54, 1.807) is 0 Å². The zero-order valence-corrected chi connectivity index (χ0v) is 15.4. The van der Waals surface area contributed by atoms with Crippen LogP contribution in [-0.2, 0) is 4.79 Å². The molecule has 0 bridgehead atoms. The quantitative estimate of drug-likeness (QED) is 0.787. The molecule has 1 N–H and O–H groups in total. The van der Waals surface area contributed by atoms with E-state index in [2.05, 4.69) is 19.2 Å². The number of hydrogen-bond donors (Lipinski definition) is 1. The van der Waals surface area contributed by atoms with Gasteiger partial charge in [0, 0.05) is 0 Å². The number of nitrogens with one attached hydrogen (secondary N) is 1. The minimum absolute atomic E-state index is 0.00138. The first-order valence-corrected chi connectivity index (χ1v) is 8.66. The maximum absolute atomic E-state index is 12.1. The Hall–Kier alpha value is -2.49. The summed E-state index contributed by atoms with van der Waals surface area (Å²) in [6.07, 6.45) is 0. The number of rotatable bonds is 8. The van der Waals surface area contributed by atoms with Crippen molar-refractivity contribution >= 4 is 5.91 Å². The summed E-state index contributed by atoms with van der Waals surface area (Å²) in [6.45, 7) is 8.56. The van der Waals surface area contributed by atoms with Crippen LogP contribution in [0, 0.1) is 6.92 Å². The van der Waals surface area contributed by atoms with Crippen molar-refractivity contribution in [2.24, 2.45) is 0 Å². The first-order chi connectivity index (χ1) is 12.0. The van der Waals surface area contributed by atoms with Crippen molar-refractivity contribution in [2.45, 2.75) is 39.7 Å². The van der Waals surface area contributed by atoms with Crippen LogP contribution >= 0.6 is 0 Å². The van der Waals surface area contributed by atoms with Crippen molar-refractivity contribution in [3.8, 4) is 11.5 Å². The molecule has 1 atom stereocenters. The zero-order chi connectivity index (χ0) is 18.2. The predicted octanol–water partition coefficient (Wildman–Crippen LogP) is 4.08. The second kappa shape index (κ2) is 9.11. The Morgan fingerprint density at radius 1 is 1.00 bits per heavy atom. The van der Waals surface area contributed by atoms with Crippen LogP contribution in [0.1, 0.15) is 37.8 Å². The molecule has 0 aliphatic heterocycles. The van der Waals surface area contributed by atoms with Crippen LogP contribution in [0.3, 0.4) is 0 Å². The molecule has 134 valence electrons. The molecule has 4 heteroatoms. The van der Waals surface area contributed by atoms with Gasteiger partial charge in [0.25, 0.3) is 5.91 Å². The van der Waals surface area contributed by atoms with E-state index >= 15 is 0 Å². The van der Waals surface area contributed by atoms with Crippen molar-refractivity contribution in [3.63, 3.8) is 0 Å². The molecule has 2 rings (SSSR count). The lowest BCUT2D eigenvalue weighted by Gasteiger charge is -2.17. The van der Waals surface area contributed by atoms with Gasteiger partial charge in [0.1, 0.15) is 18.1 Å². The van der Waals surface area contributed by atoms with Crippen molar-refractivity contribution < 1.29 is 14.3 Å². The van der Waals surface area contributed by atoms with E-state index in [1.165, 1.54) is 5.56 Å². The average Bonchev–Trinajstić information content (AvgIpc) is 2.59. The fraction of sp³-hybridized carbons (Fsp3) is 0.381. The van der Waals surface area contributed by atoms with Gasteiger partial charge in [-0.2, -0.15) is 0 Å². The fourth-order valence-electron chi connectivity index (χ4n) is 2.45. The first kappa shape index (κ1) is 18.8. The van der Waals surface area contributed by atoms with Crippen LogP contribution in [0.25, 0.3) is 0 Å². The first-order valence-electron chi connectivity index (χ1n) is 8.66. The number of para-hydroxylation sites is 1. The maximum Gasteiger partial charge on any atom is 0.258 e. The van der Waals surface area contributed by atoms with Gasteiger partial charge in [-0.15, -0.1) is 0 Å². The molecule has 2 aromatic rings. The molecule has 0 unspecified atom stereocenters. The van der Waals surface area contributed by atoms with Gasteiger partial charge in [-0.3, -0.25) is 4.79 Å². The SMILES string of the molecule is Cc1ccc(OC[C@H](C)NC(=O)COc2ccccc2C(C)C)cc1. The minimum atomic E-state index is -0.154. The van der Waals surface area contributed by atoms with E-state index in [-0.39, 0.29) is 18.6 Å². The number of carbonyl (C=O) groups excluding carboxylic acids is 1. The lowest BCUT2D eigenvalue weighted by Crippen LogP contribution is -2.39. The highest BCUT2D eigenvalue weighted by atomic mass is 16.5.